The van der Waals surface area contributed by atoms with Gasteiger partial charge in [0.1, 0.15) is 11.6 Å². The molecule has 0 saturated carbocycles. The molecule has 0 aliphatic heterocycles. The highest BCUT2D eigenvalue weighted by Crippen LogP contribution is 2.30. The number of rotatable bonds is 6. The molecule has 0 amide bonds. The zero-order valence-electron chi connectivity index (χ0n) is 14.8. The summed E-state index contributed by atoms with van der Waals surface area (Å²) in [6.07, 6.45) is -4.34. The third-order valence-corrected chi connectivity index (χ3v) is 4.71. The van der Waals surface area contributed by atoms with E-state index in [1.165, 1.54) is 23.9 Å². The Morgan fingerprint density at radius 1 is 1.04 bits per heavy atom. The van der Waals surface area contributed by atoms with Crippen molar-refractivity contribution in [2.45, 2.75) is 25.2 Å². The number of hydrogen-bond acceptors (Lipinski definition) is 4. The van der Waals surface area contributed by atoms with E-state index >= 15 is 0 Å². The van der Waals surface area contributed by atoms with E-state index in [0.29, 0.717) is 18.1 Å². The molecule has 142 valence electrons. The van der Waals surface area contributed by atoms with Crippen molar-refractivity contribution in [2.75, 3.05) is 12.4 Å². The minimum Gasteiger partial charge on any atom is -0.493 e. The average Bonchev–Trinajstić information content (AvgIpc) is 2.99. The van der Waals surface area contributed by atoms with Crippen LogP contribution in [-0.2, 0) is 6.18 Å². The lowest BCUT2D eigenvalue weighted by Crippen LogP contribution is -2.05. The Kier molecular flexibility index (Phi) is 5.74. The lowest BCUT2D eigenvalue weighted by molar-refractivity contribution is -0.137. The van der Waals surface area contributed by atoms with E-state index in [9.17, 15) is 13.2 Å². The number of ether oxygens (including phenoxy) is 1. The smallest absolute Gasteiger partial charge is 0.416 e. The van der Waals surface area contributed by atoms with Gasteiger partial charge in [0.25, 0.3) is 0 Å². The summed E-state index contributed by atoms with van der Waals surface area (Å²) < 4.78 is 45.2. The topological polar surface area (TPSA) is 39.9 Å². The van der Waals surface area contributed by atoms with Gasteiger partial charge < -0.3 is 4.74 Å². The number of aromatic nitrogens is 3. The molecule has 0 aliphatic rings. The quantitative estimate of drug-likeness (QED) is 0.433. The molecule has 3 aromatic rings. The largest absolute Gasteiger partial charge is 0.493 e. The first-order chi connectivity index (χ1) is 12.8. The van der Waals surface area contributed by atoms with Gasteiger partial charge in [-0.3, -0.25) is 4.57 Å². The zero-order valence-corrected chi connectivity index (χ0v) is 15.6. The molecule has 2 aromatic carbocycles. The molecule has 0 saturated heterocycles. The van der Waals surface area contributed by atoms with Crippen LogP contribution in [0.3, 0.4) is 0 Å². The Morgan fingerprint density at radius 3 is 2.44 bits per heavy atom. The molecular formula is C19H18F3N3OS. The summed E-state index contributed by atoms with van der Waals surface area (Å²) in [4.78, 5) is 0. The molecule has 8 heteroatoms. The number of alkyl halides is 3. The van der Waals surface area contributed by atoms with Crippen LogP contribution in [0.15, 0.2) is 53.7 Å². The Hall–Kier alpha value is -2.48. The standard InChI is InChI=1S/C19H18F3N3OS/c1-13-4-3-5-16(12-13)25-14(2)23-24-18(25)27-11-10-26-17-8-6-15(7-9-17)19(20,21)22/h3-9,12H,10-11H2,1-2H3. The van der Waals surface area contributed by atoms with E-state index in [1.807, 2.05) is 36.6 Å². The van der Waals surface area contributed by atoms with Crippen molar-refractivity contribution < 1.29 is 17.9 Å². The van der Waals surface area contributed by atoms with E-state index in [0.717, 1.165) is 34.4 Å². The van der Waals surface area contributed by atoms with Crippen molar-refractivity contribution >= 4 is 11.8 Å². The van der Waals surface area contributed by atoms with Gasteiger partial charge in [-0.25, -0.2) is 0 Å². The van der Waals surface area contributed by atoms with Crippen LogP contribution in [0, 0.1) is 13.8 Å². The average molecular weight is 393 g/mol. The minimum absolute atomic E-state index is 0.343. The van der Waals surface area contributed by atoms with Crippen molar-refractivity contribution in [1.29, 1.82) is 0 Å². The van der Waals surface area contributed by atoms with E-state index in [-0.39, 0.29) is 0 Å². The molecule has 0 spiro atoms. The molecule has 0 bridgehead atoms. The van der Waals surface area contributed by atoms with Crippen molar-refractivity contribution in [2.24, 2.45) is 0 Å². The first-order valence-corrected chi connectivity index (χ1v) is 9.25. The van der Waals surface area contributed by atoms with Gasteiger partial charge in [0, 0.05) is 11.4 Å². The fraction of sp³-hybridized carbons (Fsp3) is 0.263. The van der Waals surface area contributed by atoms with Gasteiger partial charge in [-0.2, -0.15) is 13.2 Å². The number of thioether (sulfide) groups is 1. The highest BCUT2D eigenvalue weighted by atomic mass is 32.2. The first-order valence-electron chi connectivity index (χ1n) is 8.26. The van der Waals surface area contributed by atoms with Crippen molar-refractivity contribution in [3.8, 4) is 11.4 Å². The van der Waals surface area contributed by atoms with Crippen LogP contribution in [0.5, 0.6) is 5.75 Å². The molecular weight excluding hydrogens is 375 g/mol. The molecule has 0 aliphatic carbocycles. The predicted molar refractivity (Wildman–Crippen MR) is 98.5 cm³/mol. The van der Waals surface area contributed by atoms with Gasteiger partial charge in [-0.15, -0.1) is 10.2 Å². The van der Waals surface area contributed by atoms with Gasteiger partial charge in [0.2, 0.25) is 0 Å². The second kappa shape index (κ2) is 8.04. The summed E-state index contributed by atoms with van der Waals surface area (Å²) in [5.41, 5.74) is 1.44. The van der Waals surface area contributed by atoms with Gasteiger partial charge in [0.15, 0.2) is 5.16 Å². The summed E-state index contributed by atoms with van der Waals surface area (Å²) in [6, 6.07) is 12.7. The normalized spacial score (nSPS) is 11.6. The molecule has 3 rings (SSSR count). The molecule has 0 radical (unpaired) electrons. The highest BCUT2D eigenvalue weighted by Gasteiger charge is 2.30. The monoisotopic (exact) mass is 393 g/mol. The third kappa shape index (κ3) is 4.82. The van der Waals surface area contributed by atoms with Crippen molar-refractivity contribution in [3.63, 3.8) is 0 Å². The number of aryl methyl sites for hydroxylation is 2. The Bertz CT molecular complexity index is 907. The predicted octanol–water partition coefficient (Wildman–Crippen LogP) is 5.07. The lowest BCUT2D eigenvalue weighted by Gasteiger charge is -2.10. The van der Waals surface area contributed by atoms with Crippen LogP contribution >= 0.6 is 11.8 Å². The number of halogens is 3. The SMILES string of the molecule is Cc1cccc(-n2c(C)nnc2SCCOc2ccc(C(F)(F)F)cc2)c1. The minimum atomic E-state index is -4.34. The van der Waals surface area contributed by atoms with Crippen LogP contribution < -0.4 is 4.74 Å². The fourth-order valence-electron chi connectivity index (χ4n) is 2.53. The molecule has 1 heterocycles. The molecule has 4 nitrogen and oxygen atoms in total. The van der Waals surface area contributed by atoms with E-state index in [4.69, 9.17) is 4.74 Å². The van der Waals surface area contributed by atoms with E-state index in [1.54, 1.807) is 0 Å². The summed E-state index contributed by atoms with van der Waals surface area (Å²) in [5.74, 6) is 1.78. The van der Waals surface area contributed by atoms with Crippen LogP contribution in [0.2, 0.25) is 0 Å². The maximum absolute atomic E-state index is 12.6. The highest BCUT2D eigenvalue weighted by molar-refractivity contribution is 7.99. The first kappa shape index (κ1) is 19.3. The molecule has 27 heavy (non-hydrogen) atoms. The van der Waals surface area contributed by atoms with Crippen LogP contribution in [0.25, 0.3) is 5.69 Å². The number of hydrogen-bond donors (Lipinski definition) is 0. The van der Waals surface area contributed by atoms with Crippen molar-refractivity contribution in [1.82, 2.24) is 14.8 Å². The number of benzene rings is 2. The summed E-state index contributed by atoms with van der Waals surface area (Å²) in [7, 11) is 0. The molecule has 0 N–H and O–H groups in total. The second-order valence-corrected chi connectivity index (χ2v) is 6.99. The van der Waals surface area contributed by atoms with E-state index < -0.39 is 11.7 Å². The Labute approximate surface area is 159 Å². The summed E-state index contributed by atoms with van der Waals surface area (Å²) in [6.45, 7) is 4.25. The van der Waals surface area contributed by atoms with Gasteiger partial charge in [0.05, 0.1) is 12.2 Å². The Balaban J connectivity index is 1.59. The summed E-state index contributed by atoms with van der Waals surface area (Å²) in [5, 5.41) is 9.08. The van der Waals surface area contributed by atoms with Gasteiger partial charge >= 0.3 is 6.18 Å². The van der Waals surface area contributed by atoms with Crippen LogP contribution in [0.4, 0.5) is 13.2 Å². The zero-order chi connectivity index (χ0) is 19.4. The van der Waals surface area contributed by atoms with Crippen LogP contribution in [0.1, 0.15) is 17.0 Å². The number of nitrogens with zero attached hydrogens (tertiary/aromatic N) is 3. The summed E-state index contributed by atoms with van der Waals surface area (Å²) >= 11 is 1.48. The van der Waals surface area contributed by atoms with Crippen molar-refractivity contribution in [3.05, 3.63) is 65.5 Å². The Morgan fingerprint density at radius 2 is 1.78 bits per heavy atom. The maximum Gasteiger partial charge on any atom is 0.416 e. The van der Waals surface area contributed by atoms with Crippen LogP contribution in [-0.4, -0.2) is 27.1 Å². The molecule has 0 atom stereocenters. The van der Waals surface area contributed by atoms with Gasteiger partial charge in [-0.1, -0.05) is 23.9 Å². The van der Waals surface area contributed by atoms with Gasteiger partial charge in [-0.05, 0) is 55.8 Å². The molecule has 1 aromatic heterocycles. The maximum atomic E-state index is 12.6. The third-order valence-electron chi connectivity index (χ3n) is 3.82. The second-order valence-electron chi connectivity index (χ2n) is 5.92. The van der Waals surface area contributed by atoms with E-state index in [2.05, 4.69) is 16.3 Å². The molecule has 0 unspecified atom stereocenters. The lowest BCUT2D eigenvalue weighted by atomic mass is 10.2. The fourth-order valence-corrected chi connectivity index (χ4v) is 3.35. The molecule has 0 fully saturated rings.